The Balaban J connectivity index is 1.51. The van der Waals surface area contributed by atoms with Crippen molar-refractivity contribution in [2.75, 3.05) is 18.0 Å². The van der Waals surface area contributed by atoms with Crippen LogP contribution < -0.4 is 10.2 Å². The van der Waals surface area contributed by atoms with E-state index in [-0.39, 0.29) is 21.9 Å². The van der Waals surface area contributed by atoms with Gasteiger partial charge >= 0.3 is 0 Å². The van der Waals surface area contributed by atoms with Gasteiger partial charge in [0.05, 0.1) is 23.3 Å². The first-order valence-electron chi connectivity index (χ1n) is 13.7. The molecule has 0 spiro atoms. The van der Waals surface area contributed by atoms with Crippen molar-refractivity contribution in [3.8, 4) is 0 Å². The number of hydrogen-bond donors (Lipinski definition) is 1. The largest absolute Gasteiger partial charge is 0.467 e. The highest BCUT2D eigenvalue weighted by Crippen LogP contribution is 2.45. The number of nitro benzene ring substituents is 1. The van der Waals surface area contributed by atoms with Crippen LogP contribution >= 0.6 is 11.3 Å². The first kappa shape index (κ1) is 27.1. The molecule has 0 saturated carbocycles. The molecule has 1 aliphatic heterocycles. The lowest BCUT2D eigenvalue weighted by Crippen LogP contribution is -2.30. The predicted octanol–water partition coefficient (Wildman–Crippen LogP) is 7.07. The lowest BCUT2D eigenvalue weighted by atomic mass is 9.72. The Labute approximate surface area is 233 Å². The van der Waals surface area contributed by atoms with Crippen molar-refractivity contribution < 1.29 is 14.1 Å². The maximum atomic E-state index is 13.5. The third-order valence-corrected chi connectivity index (χ3v) is 9.10. The SMILES string of the molecule is CC(C)(C)[C@H]1CCc2c(sc(N=Cc3cc([N+](=O)[O-])ccc3N3CCCCC3)c2C(=O)NCc2ccco2)C1. The fourth-order valence-corrected chi connectivity index (χ4v) is 6.88. The number of carbonyl (C=O) groups excluding carboxylic acids is 1. The maximum absolute atomic E-state index is 13.5. The molecule has 0 radical (unpaired) electrons. The van der Waals surface area contributed by atoms with E-state index in [0.717, 1.165) is 56.4 Å². The van der Waals surface area contributed by atoms with Crippen LogP contribution in [0.2, 0.25) is 0 Å². The van der Waals surface area contributed by atoms with Gasteiger partial charge < -0.3 is 14.6 Å². The third kappa shape index (κ3) is 6.08. The molecule has 9 heteroatoms. The zero-order chi connectivity index (χ0) is 27.6. The summed E-state index contributed by atoms with van der Waals surface area (Å²) in [4.78, 5) is 33.1. The molecular weight excluding hydrogens is 512 g/mol. The van der Waals surface area contributed by atoms with Crippen molar-refractivity contribution in [1.29, 1.82) is 0 Å². The minimum absolute atomic E-state index is 0.0344. The minimum atomic E-state index is -0.374. The Morgan fingerprint density at radius 3 is 2.74 bits per heavy atom. The summed E-state index contributed by atoms with van der Waals surface area (Å²) in [5.41, 5.74) is 3.56. The Morgan fingerprint density at radius 1 is 1.26 bits per heavy atom. The molecule has 206 valence electrons. The predicted molar refractivity (Wildman–Crippen MR) is 156 cm³/mol. The summed E-state index contributed by atoms with van der Waals surface area (Å²) in [5.74, 6) is 1.05. The molecule has 1 aromatic carbocycles. The minimum Gasteiger partial charge on any atom is -0.467 e. The van der Waals surface area contributed by atoms with E-state index in [1.165, 1.54) is 11.3 Å². The van der Waals surface area contributed by atoms with E-state index in [4.69, 9.17) is 9.41 Å². The summed E-state index contributed by atoms with van der Waals surface area (Å²) < 4.78 is 5.40. The van der Waals surface area contributed by atoms with E-state index in [0.29, 0.717) is 34.4 Å². The number of thiophene rings is 1. The second-order valence-electron chi connectivity index (χ2n) is 11.6. The summed E-state index contributed by atoms with van der Waals surface area (Å²) in [5, 5.41) is 15.2. The van der Waals surface area contributed by atoms with Crippen LogP contribution in [0.15, 0.2) is 46.0 Å². The second-order valence-corrected chi connectivity index (χ2v) is 12.6. The first-order valence-corrected chi connectivity index (χ1v) is 14.5. The van der Waals surface area contributed by atoms with Crippen LogP contribution in [0, 0.1) is 21.4 Å². The van der Waals surface area contributed by atoms with Crippen molar-refractivity contribution in [1.82, 2.24) is 5.32 Å². The number of benzene rings is 1. The van der Waals surface area contributed by atoms with Crippen LogP contribution in [0.5, 0.6) is 0 Å². The number of piperidine rings is 1. The number of furan rings is 1. The molecule has 8 nitrogen and oxygen atoms in total. The normalized spacial score (nSPS) is 17.8. The van der Waals surface area contributed by atoms with Crippen LogP contribution in [0.4, 0.5) is 16.4 Å². The lowest BCUT2D eigenvalue weighted by Gasteiger charge is -2.33. The number of fused-ring (bicyclic) bond motifs is 1. The van der Waals surface area contributed by atoms with Gasteiger partial charge in [-0.15, -0.1) is 11.3 Å². The molecule has 2 aromatic heterocycles. The maximum Gasteiger partial charge on any atom is 0.270 e. The highest BCUT2D eigenvalue weighted by atomic mass is 32.1. The average molecular weight is 549 g/mol. The molecule has 1 fully saturated rings. The Bertz CT molecular complexity index is 1360. The number of nitrogens with zero attached hydrogens (tertiary/aromatic N) is 3. The van der Waals surface area contributed by atoms with E-state index < -0.39 is 0 Å². The van der Waals surface area contributed by atoms with Crippen molar-refractivity contribution in [2.45, 2.75) is 65.8 Å². The van der Waals surface area contributed by atoms with E-state index in [1.54, 1.807) is 42.0 Å². The molecule has 39 heavy (non-hydrogen) atoms. The molecule has 1 aliphatic carbocycles. The molecule has 1 atom stereocenters. The summed E-state index contributed by atoms with van der Waals surface area (Å²) in [6, 6.07) is 8.61. The molecule has 1 N–H and O–H groups in total. The molecule has 0 bridgehead atoms. The number of nitro groups is 1. The smallest absolute Gasteiger partial charge is 0.270 e. The van der Waals surface area contributed by atoms with Gasteiger partial charge in [-0.3, -0.25) is 14.9 Å². The summed E-state index contributed by atoms with van der Waals surface area (Å²) >= 11 is 1.58. The molecule has 1 amide bonds. The van der Waals surface area contributed by atoms with Gasteiger partial charge in [0.25, 0.3) is 11.6 Å². The zero-order valence-corrected chi connectivity index (χ0v) is 23.7. The van der Waals surface area contributed by atoms with Crippen molar-refractivity contribution in [3.63, 3.8) is 0 Å². The van der Waals surface area contributed by atoms with Gasteiger partial charge in [0.2, 0.25) is 0 Å². The monoisotopic (exact) mass is 548 g/mol. The number of anilines is 1. The van der Waals surface area contributed by atoms with Gasteiger partial charge in [-0.2, -0.15) is 0 Å². The molecule has 3 heterocycles. The molecule has 5 rings (SSSR count). The van der Waals surface area contributed by atoms with Gasteiger partial charge in [0, 0.05) is 47.6 Å². The zero-order valence-electron chi connectivity index (χ0n) is 22.9. The average Bonchev–Trinajstić information content (AvgIpc) is 3.57. The highest BCUT2D eigenvalue weighted by Gasteiger charge is 2.33. The van der Waals surface area contributed by atoms with Crippen LogP contribution in [0.1, 0.15) is 78.6 Å². The quantitative estimate of drug-likeness (QED) is 0.193. The van der Waals surface area contributed by atoms with Gasteiger partial charge in [-0.05, 0) is 73.6 Å². The molecule has 1 saturated heterocycles. The van der Waals surface area contributed by atoms with Crippen molar-refractivity contribution in [3.05, 3.63) is 74.0 Å². The van der Waals surface area contributed by atoms with Crippen molar-refractivity contribution >= 4 is 39.8 Å². The number of nitrogens with one attached hydrogen (secondary N) is 1. The lowest BCUT2D eigenvalue weighted by molar-refractivity contribution is -0.384. The summed E-state index contributed by atoms with van der Waals surface area (Å²) in [6.07, 6.45) is 9.48. The van der Waals surface area contributed by atoms with Gasteiger partial charge in [-0.25, -0.2) is 4.99 Å². The molecular formula is C30H36N4O4S. The number of carbonyl (C=O) groups is 1. The summed E-state index contributed by atoms with van der Waals surface area (Å²) in [7, 11) is 0. The Hall–Kier alpha value is -3.46. The highest BCUT2D eigenvalue weighted by molar-refractivity contribution is 7.16. The fraction of sp³-hybridized carbons (Fsp3) is 0.467. The number of hydrogen-bond acceptors (Lipinski definition) is 7. The van der Waals surface area contributed by atoms with E-state index in [2.05, 4.69) is 31.0 Å². The van der Waals surface area contributed by atoms with Gasteiger partial charge in [0.1, 0.15) is 10.8 Å². The molecule has 0 unspecified atom stereocenters. The standard InChI is InChI=1S/C30H36N4O4S/c1-30(2,3)21-9-11-24-26(17-21)39-29(27(24)28(35)31-19-23-8-7-15-38-23)32-18-20-16-22(34(36)37)10-12-25(20)33-13-5-4-6-14-33/h7-8,10,12,15-16,18,21H,4-6,9,11,13-14,17,19H2,1-3H3,(H,31,35)/t21-/m0/s1. The first-order chi connectivity index (χ1) is 18.7. The van der Waals surface area contributed by atoms with Crippen LogP contribution in [-0.2, 0) is 19.4 Å². The Kier molecular flexibility index (Phi) is 7.88. The number of rotatable bonds is 7. The van der Waals surface area contributed by atoms with E-state index >= 15 is 0 Å². The van der Waals surface area contributed by atoms with Gasteiger partial charge in [0.15, 0.2) is 0 Å². The van der Waals surface area contributed by atoms with Gasteiger partial charge in [-0.1, -0.05) is 20.8 Å². The molecule has 2 aliphatic rings. The van der Waals surface area contributed by atoms with Crippen molar-refractivity contribution in [2.24, 2.45) is 16.3 Å². The van der Waals surface area contributed by atoms with Crippen LogP contribution in [-0.4, -0.2) is 30.1 Å². The molecule has 3 aromatic rings. The topological polar surface area (TPSA) is 101 Å². The number of aliphatic imine (C=N–C) groups is 1. The van der Waals surface area contributed by atoms with E-state index in [1.807, 2.05) is 12.1 Å². The number of non-ortho nitro benzene ring substituents is 1. The summed E-state index contributed by atoms with van der Waals surface area (Å²) in [6.45, 7) is 8.96. The van der Waals surface area contributed by atoms with Crippen LogP contribution in [0.3, 0.4) is 0 Å². The van der Waals surface area contributed by atoms with Crippen LogP contribution in [0.25, 0.3) is 0 Å². The number of amides is 1. The fourth-order valence-electron chi connectivity index (χ4n) is 5.61. The Morgan fingerprint density at radius 2 is 2.05 bits per heavy atom. The second kappa shape index (κ2) is 11.3. The third-order valence-electron chi connectivity index (χ3n) is 7.94. The van der Waals surface area contributed by atoms with E-state index in [9.17, 15) is 14.9 Å².